The van der Waals surface area contributed by atoms with Crippen molar-refractivity contribution in [3.8, 4) is 5.75 Å². The normalized spacial score (nSPS) is 24.1. The third-order valence-electron chi connectivity index (χ3n) is 3.87. The molecule has 1 saturated heterocycles. The highest BCUT2D eigenvalue weighted by atomic mass is 35.5. The lowest BCUT2D eigenvalue weighted by Gasteiger charge is -2.23. The van der Waals surface area contributed by atoms with Crippen LogP contribution < -0.4 is 10.1 Å². The number of ether oxygens (including phenoxy) is 1. The predicted molar refractivity (Wildman–Crippen MR) is 79.2 cm³/mol. The number of nitrogens with one attached hydrogen (secondary N) is 1. The third kappa shape index (κ3) is 3.10. The molecule has 0 radical (unpaired) electrons. The van der Waals surface area contributed by atoms with Gasteiger partial charge in [0.2, 0.25) is 0 Å². The average Bonchev–Trinajstić information content (AvgIpc) is 2.82. The summed E-state index contributed by atoms with van der Waals surface area (Å²) in [6, 6.07) is 3.87. The first-order valence-electron chi connectivity index (χ1n) is 6.91. The first-order chi connectivity index (χ1) is 9.53. The fraction of sp³-hybridized carbons (Fsp3) is 0.571. The van der Waals surface area contributed by atoms with E-state index in [1.54, 1.807) is 0 Å². The number of fused-ring (bicyclic) bond motifs is 1. The standard InChI is InChI=1S/C14H18ClNO3S/c15-12-6-10-3-4-19-14(10)11(7-12)8-16-13-2-1-5-20(17,18)9-13/h6-7,13,16H,1-5,8-9H2/t13-/m0/s1. The summed E-state index contributed by atoms with van der Waals surface area (Å²) in [6.45, 7) is 1.30. The lowest BCUT2D eigenvalue weighted by atomic mass is 10.1. The summed E-state index contributed by atoms with van der Waals surface area (Å²) < 4.78 is 28.9. The van der Waals surface area contributed by atoms with Gasteiger partial charge in [0.15, 0.2) is 9.84 Å². The first kappa shape index (κ1) is 14.2. The molecule has 20 heavy (non-hydrogen) atoms. The maximum atomic E-state index is 11.6. The van der Waals surface area contributed by atoms with Gasteiger partial charge >= 0.3 is 0 Å². The number of hydrogen-bond donors (Lipinski definition) is 1. The van der Waals surface area contributed by atoms with E-state index in [4.69, 9.17) is 16.3 Å². The molecule has 0 bridgehead atoms. The lowest BCUT2D eigenvalue weighted by Crippen LogP contribution is -2.39. The van der Waals surface area contributed by atoms with E-state index in [0.29, 0.717) is 23.9 Å². The van der Waals surface area contributed by atoms with E-state index in [2.05, 4.69) is 5.32 Å². The molecule has 0 aliphatic carbocycles. The molecule has 1 N–H and O–H groups in total. The Labute approximate surface area is 124 Å². The summed E-state index contributed by atoms with van der Waals surface area (Å²) >= 11 is 6.12. The Kier molecular flexibility index (Phi) is 3.93. The fourth-order valence-corrected chi connectivity index (χ4v) is 4.85. The Hall–Kier alpha value is -0.780. The predicted octanol–water partition coefficient (Wildman–Crippen LogP) is 1.94. The van der Waals surface area contributed by atoms with Crippen molar-refractivity contribution < 1.29 is 13.2 Å². The largest absolute Gasteiger partial charge is 0.493 e. The number of benzene rings is 1. The Morgan fingerprint density at radius 2 is 2.25 bits per heavy atom. The molecule has 110 valence electrons. The zero-order chi connectivity index (χ0) is 14.2. The van der Waals surface area contributed by atoms with Crippen molar-refractivity contribution in [2.75, 3.05) is 18.1 Å². The highest BCUT2D eigenvalue weighted by Gasteiger charge is 2.25. The van der Waals surface area contributed by atoms with E-state index < -0.39 is 9.84 Å². The van der Waals surface area contributed by atoms with Crippen molar-refractivity contribution in [2.45, 2.75) is 31.8 Å². The second kappa shape index (κ2) is 5.54. The van der Waals surface area contributed by atoms with Gasteiger partial charge in [0, 0.05) is 29.6 Å². The van der Waals surface area contributed by atoms with E-state index in [-0.39, 0.29) is 11.8 Å². The quantitative estimate of drug-likeness (QED) is 0.926. The van der Waals surface area contributed by atoms with Gasteiger partial charge in [0.25, 0.3) is 0 Å². The molecule has 2 heterocycles. The second-order valence-corrected chi connectivity index (χ2v) is 8.15. The van der Waals surface area contributed by atoms with Crippen LogP contribution in [0.2, 0.25) is 5.02 Å². The van der Waals surface area contributed by atoms with Gasteiger partial charge in [-0.15, -0.1) is 0 Å². The Bertz CT molecular complexity index is 615. The van der Waals surface area contributed by atoms with Crippen LogP contribution in [0.1, 0.15) is 24.0 Å². The van der Waals surface area contributed by atoms with Crippen LogP contribution >= 0.6 is 11.6 Å². The minimum Gasteiger partial charge on any atom is -0.493 e. The smallest absolute Gasteiger partial charge is 0.151 e. The van der Waals surface area contributed by atoms with Crippen molar-refractivity contribution in [3.05, 3.63) is 28.3 Å². The maximum Gasteiger partial charge on any atom is 0.151 e. The summed E-state index contributed by atoms with van der Waals surface area (Å²) in [5.74, 6) is 1.47. The zero-order valence-corrected chi connectivity index (χ0v) is 12.8. The number of rotatable bonds is 3. The summed E-state index contributed by atoms with van der Waals surface area (Å²) in [4.78, 5) is 0. The van der Waals surface area contributed by atoms with Gasteiger partial charge in [-0.2, -0.15) is 0 Å². The minimum atomic E-state index is -2.88. The maximum absolute atomic E-state index is 11.6. The number of hydrogen-bond acceptors (Lipinski definition) is 4. The van der Waals surface area contributed by atoms with Crippen LogP contribution in [0, 0.1) is 0 Å². The molecular weight excluding hydrogens is 298 g/mol. The number of halogens is 1. The summed E-state index contributed by atoms with van der Waals surface area (Å²) in [5, 5.41) is 4.04. The topological polar surface area (TPSA) is 55.4 Å². The first-order valence-corrected chi connectivity index (χ1v) is 9.11. The molecule has 2 aliphatic rings. The van der Waals surface area contributed by atoms with Crippen LogP contribution in [0.25, 0.3) is 0 Å². The Morgan fingerprint density at radius 3 is 3.05 bits per heavy atom. The van der Waals surface area contributed by atoms with Gasteiger partial charge in [-0.05, 0) is 30.5 Å². The second-order valence-electron chi connectivity index (χ2n) is 5.49. The summed E-state index contributed by atoms with van der Waals surface area (Å²) in [7, 11) is -2.88. The molecule has 0 aromatic heterocycles. The van der Waals surface area contributed by atoms with E-state index >= 15 is 0 Å². The van der Waals surface area contributed by atoms with Crippen LogP contribution in [-0.2, 0) is 22.8 Å². The molecule has 1 atom stereocenters. The molecule has 3 rings (SSSR count). The van der Waals surface area contributed by atoms with Gasteiger partial charge < -0.3 is 10.1 Å². The Morgan fingerprint density at radius 1 is 1.40 bits per heavy atom. The summed E-state index contributed by atoms with van der Waals surface area (Å²) in [5.41, 5.74) is 2.17. The van der Waals surface area contributed by atoms with Gasteiger partial charge in [-0.25, -0.2) is 8.42 Å². The molecule has 0 saturated carbocycles. The summed E-state index contributed by atoms with van der Waals surface area (Å²) in [6.07, 6.45) is 2.54. The van der Waals surface area contributed by atoms with Crippen molar-refractivity contribution >= 4 is 21.4 Å². The van der Waals surface area contributed by atoms with Crippen molar-refractivity contribution in [2.24, 2.45) is 0 Å². The van der Waals surface area contributed by atoms with E-state index in [1.807, 2.05) is 12.1 Å². The molecule has 4 nitrogen and oxygen atoms in total. The highest BCUT2D eigenvalue weighted by Crippen LogP contribution is 2.32. The van der Waals surface area contributed by atoms with Crippen molar-refractivity contribution in [1.82, 2.24) is 5.32 Å². The van der Waals surface area contributed by atoms with Crippen LogP contribution in [-0.4, -0.2) is 32.6 Å². The molecule has 0 unspecified atom stereocenters. The SMILES string of the molecule is O=S1(=O)CCC[C@H](NCc2cc(Cl)cc3c2OCC3)C1. The zero-order valence-electron chi connectivity index (χ0n) is 11.2. The fourth-order valence-electron chi connectivity index (χ4n) is 2.92. The monoisotopic (exact) mass is 315 g/mol. The van der Waals surface area contributed by atoms with Gasteiger partial charge in [-0.3, -0.25) is 0 Å². The average molecular weight is 316 g/mol. The molecule has 1 aromatic carbocycles. The third-order valence-corrected chi connectivity index (χ3v) is 5.91. The minimum absolute atomic E-state index is 0.0322. The molecule has 1 fully saturated rings. The van der Waals surface area contributed by atoms with E-state index in [9.17, 15) is 8.42 Å². The van der Waals surface area contributed by atoms with Crippen LogP contribution in [0.15, 0.2) is 12.1 Å². The Balaban J connectivity index is 1.70. The van der Waals surface area contributed by atoms with Crippen LogP contribution in [0.5, 0.6) is 5.75 Å². The van der Waals surface area contributed by atoms with E-state index in [0.717, 1.165) is 36.1 Å². The molecule has 0 amide bonds. The number of sulfone groups is 1. The molecular formula is C14H18ClNO3S. The van der Waals surface area contributed by atoms with Gasteiger partial charge in [0.1, 0.15) is 5.75 Å². The van der Waals surface area contributed by atoms with Gasteiger partial charge in [-0.1, -0.05) is 11.6 Å². The molecule has 1 aromatic rings. The van der Waals surface area contributed by atoms with Crippen LogP contribution in [0.4, 0.5) is 0 Å². The molecule has 6 heteroatoms. The highest BCUT2D eigenvalue weighted by molar-refractivity contribution is 7.91. The van der Waals surface area contributed by atoms with E-state index in [1.165, 1.54) is 0 Å². The van der Waals surface area contributed by atoms with Gasteiger partial charge in [0.05, 0.1) is 18.1 Å². The molecule has 0 spiro atoms. The lowest BCUT2D eigenvalue weighted by molar-refractivity contribution is 0.351. The van der Waals surface area contributed by atoms with Crippen LogP contribution in [0.3, 0.4) is 0 Å². The molecule has 2 aliphatic heterocycles. The van der Waals surface area contributed by atoms with Crippen molar-refractivity contribution in [1.29, 1.82) is 0 Å². The van der Waals surface area contributed by atoms with Crippen molar-refractivity contribution in [3.63, 3.8) is 0 Å².